The lowest BCUT2D eigenvalue weighted by Crippen LogP contribution is -2.44. The lowest BCUT2D eigenvalue weighted by molar-refractivity contribution is 0.386. The van der Waals surface area contributed by atoms with Gasteiger partial charge >= 0.3 is 0 Å². The van der Waals surface area contributed by atoms with E-state index >= 15 is 0 Å². The van der Waals surface area contributed by atoms with E-state index in [9.17, 15) is 0 Å². The summed E-state index contributed by atoms with van der Waals surface area (Å²) in [4.78, 5) is 0. The van der Waals surface area contributed by atoms with Crippen LogP contribution in [0.5, 0.6) is 0 Å². The van der Waals surface area contributed by atoms with Gasteiger partial charge in [-0.25, -0.2) is 0 Å². The van der Waals surface area contributed by atoms with E-state index in [1.54, 1.807) is 0 Å². The largest absolute Gasteiger partial charge is 0.315 e. The molecule has 1 heterocycles. The van der Waals surface area contributed by atoms with Gasteiger partial charge in [-0.05, 0) is 31.4 Å². The summed E-state index contributed by atoms with van der Waals surface area (Å²) in [6, 6.07) is 12.3. The highest BCUT2D eigenvalue weighted by atomic mass is 15.1. The Balaban J connectivity index is 1.52. The molecular formula is C14H20N2. The first-order valence-corrected chi connectivity index (χ1v) is 6.45. The molecule has 2 fully saturated rings. The first-order chi connectivity index (χ1) is 7.93. The van der Waals surface area contributed by atoms with Crippen LogP contribution in [0, 0.1) is 0 Å². The van der Waals surface area contributed by atoms with E-state index in [0.717, 1.165) is 18.5 Å². The molecule has 2 aliphatic rings. The Morgan fingerprint density at radius 2 is 2.06 bits per heavy atom. The summed E-state index contributed by atoms with van der Waals surface area (Å²) in [5.41, 5.74) is 1.50. The minimum Gasteiger partial charge on any atom is -0.315 e. The van der Waals surface area contributed by atoms with Crippen molar-refractivity contribution in [2.24, 2.45) is 0 Å². The first kappa shape index (κ1) is 10.3. The van der Waals surface area contributed by atoms with Crippen LogP contribution in [0.25, 0.3) is 0 Å². The maximum absolute atomic E-state index is 3.78. The zero-order valence-corrected chi connectivity index (χ0v) is 9.65. The van der Waals surface area contributed by atoms with Crippen molar-refractivity contribution in [2.75, 3.05) is 13.1 Å². The number of benzene rings is 1. The van der Waals surface area contributed by atoms with Crippen molar-refractivity contribution >= 4 is 0 Å². The second-order valence-electron chi connectivity index (χ2n) is 5.07. The molecule has 1 aliphatic carbocycles. The summed E-state index contributed by atoms with van der Waals surface area (Å²) in [7, 11) is 0. The third-order valence-electron chi connectivity index (χ3n) is 3.76. The van der Waals surface area contributed by atoms with Crippen molar-refractivity contribution in [1.82, 2.24) is 10.6 Å². The molecule has 0 radical (unpaired) electrons. The number of hydrogen-bond acceptors (Lipinski definition) is 2. The summed E-state index contributed by atoms with van der Waals surface area (Å²) in [6.07, 6.45) is 3.98. The van der Waals surface area contributed by atoms with Gasteiger partial charge in [0.1, 0.15) is 0 Å². The number of hydrogen-bond donors (Lipinski definition) is 2. The Labute approximate surface area is 97.4 Å². The maximum Gasteiger partial charge on any atom is 0.0195 e. The zero-order chi connectivity index (χ0) is 10.8. The standard InChI is InChI=1S/C14H20N2/c1-2-5-11(6-3-1)13-9-14(13)16-12-7-4-8-15-10-12/h1-3,5-6,12-16H,4,7-10H2/t12-,13+,14-/m1/s1. The topological polar surface area (TPSA) is 24.1 Å². The summed E-state index contributed by atoms with van der Waals surface area (Å²) >= 11 is 0. The van der Waals surface area contributed by atoms with Crippen LogP contribution >= 0.6 is 0 Å². The molecule has 1 aromatic rings. The van der Waals surface area contributed by atoms with Crippen LogP contribution in [0.1, 0.15) is 30.7 Å². The normalized spacial score (nSPS) is 33.6. The molecular weight excluding hydrogens is 196 g/mol. The van der Waals surface area contributed by atoms with E-state index in [4.69, 9.17) is 0 Å². The Kier molecular flexibility index (Phi) is 2.94. The quantitative estimate of drug-likeness (QED) is 0.806. The molecule has 2 heteroatoms. The Morgan fingerprint density at radius 1 is 1.19 bits per heavy atom. The average molecular weight is 216 g/mol. The molecule has 0 spiro atoms. The third-order valence-corrected chi connectivity index (χ3v) is 3.76. The van der Waals surface area contributed by atoms with Gasteiger partial charge in [-0.3, -0.25) is 0 Å². The summed E-state index contributed by atoms with van der Waals surface area (Å²) < 4.78 is 0. The van der Waals surface area contributed by atoms with Gasteiger partial charge in [-0.15, -0.1) is 0 Å². The van der Waals surface area contributed by atoms with E-state index in [0.29, 0.717) is 6.04 Å². The van der Waals surface area contributed by atoms with Crippen LogP contribution in [-0.4, -0.2) is 25.2 Å². The highest BCUT2D eigenvalue weighted by Crippen LogP contribution is 2.41. The molecule has 3 rings (SSSR count). The van der Waals surface area contributed by atoms with Gasteiger partial charge in [0.15, 0.2) is 0 Å². The van der Waals surface area contributed by atoms with Gasteiger partial charge in [-0.2, -0.15) is 0 Å². The van der Waals surface area contributed by atoms with E-state index in [1.807, 2.05) is 0 Å². The summed E-state index contributed by atoms with van der Waals surface area (Å²) in [5.74, 6) is 0.767. The van der Waals surface area contributed by atoms with Crippen LogP contribution in [0.2, 0.25) is 0 Å². The second-order valence-corrected chi connectivity index (χ2v) is 5.07. The van der Waals surface area contributed by atoms with Gasteiger partial charge in [0.05, 0.1) is 0 Å². The molecule has 3 atom stereocenters. The minimum atomic E-state index is 0.701. The third kappa shape index (κ3) is 2.28. The van der Waals surface area contributed by atoms with E-state index in [2.05, 4.69) is 41.0 Å². The Hall–Kier alpha value is -0.860. The summed E-state index contributed by atoms with van der Waals surface area (Å²) in [6.45, 7) is 2.35. The molecule has 0 aromatic heterocycles. The lowest BCUT2D eigenvalue weighted by atomic mass is 10.1. The van der Waals surface area contributed by atoms with E-state index in [-0.39, 0.29) is 0 Å². The molecule has 2 N–H and O–H groups in total. The number of piperidine rings is 1. The van der Waals surface area contributed by atoms with Crippen molar-refractivity contribution in [1.29, 1.82) is 0 Å². The lowest BCUT2D eigenvalue weighted by Gasteiger charge is -2.24. The predicted molar refractivity (Wildman–Crippen MR) is 66.6 cm³/mol. The van der Waals surface area contributed by atoms with Crippen molar-refractivity contribution in [3.8, 4) is 0 Å². The number of rotatable bonds is 3. The van der Waals surface area contributed by atoms with Gasteiger partial charge in [0.25, 0.3) is 0 Å². The molecule has 86 valence electrons. The highest BCUT2D eigenvalue weighted by Gasteiger charge is 2.39. The van der Waals surface area contributed by atoms with E-state index < -0.39 is 0 Å². The van der Waals surface area contributed by atoms with Crippen LogP contribution in [0.15, 0.2) is 30.3 Å². The van der Waals surface area contributed by atoms with Crippen molar-refractivity contribution in [2.45, 2.75) is 37.3 Å². The fraction of sp³-hybridized carbons (Fsp3) is 0.571. The van der Waals surface area contributed by atoms with Crippen LogP contribution < -0.4 is 10.6 Å². The predicted octanol–water partition coefficient (Wildman–Crippen LogP) is 1.88. The molecule has 1 aromatic carbocycles. The van der Waals surface area contributed by atoms with Crippen LogP contribution in [0.4, 0.5) is 0 Å². The van der Waals surface area contributed by atoms with Gasteiger partial charge < -0.3 is 10.6 Å². The smallest absolute Gasteiger partial charge is 0.0195 e. The van der Waals surface area contributed by atoms with Crippen molar-refractivity contribution < 1.29 is 0 Å². The van der Waals surface area contributed by atoms with Gasteiger partial charge in [-0.1, -0.05) is 30.3 Å². The maximum atomic E-state index is 3.78. The summed E-state index contributed by atoms with van der Waals surface area (Å²) in [5, 5.41) is 7.24. The van der Waals surface area contributed by atoms with Crippen LogP contribution in [-0.2, 0) is 0 Å². The first-order valence-electron chi connectivity index (χ1n) is 6.45. The molecule has 0 amide bonds. The van der Waals surface area contributed by atoms with Crippen molar-refractivity contribution in [3.05, 3.63) is 35.9 Å². The minimum absolute atomic E-state index is 0.701. The molecule has 0 unspecified atom stereocenters. The van der Waals surface area contributed by atoms with E-state index in [1.165, 1.54) is 31.4 Å². The highest BCUT2D eigenvalue weighted by molar-refractivity contribution is 5.27. The SMILES string of the molecule is c1ccc([C@@H]2C[C@H]2N[C@@H]2CCCNC2)cc1. The van der Waals surface area contributed by atoms with Gasteiger partial charge in [0, 0.05) is 24.5 Å². The fourth-order valence-electron chi connectivity index (χ4n) is 2.74. The molecule has 1 saturated carbocycles. The van der Waals surface area contributed by atoms with Gasteiger partial charge in [0.2, 0.25) is 0 Å². The molecule has 16 heavy (non-hydrogen) atoms. The number of nitrogens with one attached hydrogen (secondary N) is 2. The van der Waals surface area contributed by atoms with Crippen LogP contribution in [0.3, 0.4) is 0 Å². The molecule has 1 aliphatic heterocycles. The Morgan fingerprint density at radius 3 is 2.81 bits per heavy atom. The Bertz CT molecular complexity index is 330. The fourth-order valence-corrected chi connectivity index (χ4v) is 2.74. The monoisotopic (exact) mass is 216 g/mol. The molecule has 2 nitrogen and oxygen atoms in total. The molecule has 0 bridgehead atoms. The molecule has 1 saturated heterocycles. The average Bonchev–Trinajstić information content (AvgIpc) is 3.11. The zero-order valence-electron chi connectivity index (χ0n) is 9.65. The van der Waals surface area contributed by atoms with Crippen molar-refractivity contribution in [3.63, 3.8) is 0 Å². The second kappa shape index (κ2) is 4.56.